The lowest BCUT2D eigenvalue weighted by atomic mass is 10.1. The summed E-state index contributed by atoms with van der Waals surface area (Å²) in [6.07, 6.45) is 2.25. The molecular formula is C15H19FN2O2. The average molecular weight is 278 g/mol. The van der Waals surface area contributed by atoms with E-state index in [1.807, 2.05) is 0 Å². The highest BCUT2D eigenvalue weighted by molar-refractivity contribution is 5.97. The first-order valence-electron chi connectivity index (χ1n) is 7.16. The molecule has 0 spiro atoms. The molecule has 1 atom stereocenters. The summed E-state index contributed by atoms with van der Waals surface area (Å²) in [6.45, 7) is 4.85. The third-order valence-electron chi connectivity index (χ3n) is 4.16. The van der Waals surface area contributed by atoms with Crippen LogP contribution in [0.1, 0.15) is 19.8 Å². The second kappa shape index (κ2) is 5.40. The van der Waals surface area contributed by atoms with E-state index in [1.54, 1.807) is 11.0 Å². The zero-order valence-electron chi connectivity index (χ0n) is 11.6. The Bertz CT molecular complexity index is 521. The molecule has 0 aromatic heterocycles. The van der Waals surface area contributed by atoms with Gasteiger partial charge in [-0.05, 0) is 38.1 Å². The van der Waals surface area contributed by atoms with Crippen molar-refractivity contribution in [1.29, 1.82) is 0 Å². The van der Waals surface area contributed by atoms with Gasteiger partial charge < -0.3 is 9.64 Å². The predicted molar refractivity (Wildman–Crippen MR) is 74.5 cm³/mol. The van der Waals surface area contributed by atoms with Crippen molar-refractivity contribution in [2.24, 2.45) is 0 Å². The second-order valence-electron chi connectivity index (χ2n) is 5.33. The van der Waals surface area contributed by atoms with Gasteiger partial charge in [-0.3, -0.25) is 9.69 Å². The van der Waals surface area contributed by atoms with Crippen LogP contribution in [0.5, 0.6) is 5.75 Å². The van der Waals surface area contributed by atoms with Crippen LogP contribution in [0.15, 0.2) is 18.2 Å². The third-order valence-corrected chi connectivity index (χ3v) is 4.16. The fraction of sp³-hybridized carbons (Fsp3) is 0.533. The maximum absolute atomic E-state index is 13.4. The fourth-order valence-corrected chi connectivity index (χ4v) is 3.10. The van der Waals surface area contributed by atoms with Gasteiger partial charge in [-0.15, -0.1) is 0 Å². The van der Waals surface area contributed by atoms with E-state index < -0.39 is 0 Å². The van der Waals surface area contributed by atoms with Gasteiger partial charge >= 0.3 is 0 Å². The summed E-state index contributed by atoms with van der Waals surface area (Å²) in [5, 5.41) is 0. The predicted octanol–water partition coefficient (Wildman–Crippen LogP) is 2.04. The maximum atomic E-state index is 13.4. The molecule has 2 aliphatic heterocycles. The van der Waals surface area contributed by atoms with Gasteiger partial charge in [0.05, 0.1) is 5.69 Å². The normalized spacial score (nSPS) is 22.8. The first-order valence-corrected chi connectivity index (χ1v) is 7.16. The van der Waals surface area contributed by atoms with Crippen LogP contribution in [-0.2, 0) is 4.79 Å². The minimum absolute atomic E-state index is 0.0392. The summed E-state index contributed by atoms with van der Waals surface area (Å²) in [5.41, 5.74) is 0.559. The molecule has 4 nitrogen and oxygen atoms in total. The summed E-state index contributed by atoms with van der Waals surface area (Å²) in [7, 11) is 0. The highest BCUT2D eigenvalue weighted by Gasteiger charge is 2.31. The molecule has 3 rings (SSSR count). The fourth-order valence-electron chi connectivity index (χ4n) is 3.10. The summed E-state index contributed by atoms with van der Waals surface area (Å²) in [5.74, 6) is 0.156. The van der Waals surface area contributed by atoms with Gasteiger partial charge in [0.25, 0.3) is 5.91 Å². The van der Waals surface area contributed by atoms with Crippen LogP contribution in [-0.4, -0.2) is 43.1 Å². The van der Waals surface area contributed by atoms with Crippen molar-refractivity contribution in [2.45, 2.75) is 25.8 Å². The Hall–Kier alpha value is -1.62. The van der Waals surface area contributed by atoms with Crippen LogP contribution in [0.4, 0.5) is 10.1 Å². The van der Waals surface area contributed by atoms with Gasteiger partial charge in [-0.1, -0.05) is 6.92 Å². The highest BCUT2D eigenvalue weighted by Crippen LogP contribution is 2.33. The molecule has 1 unspecified atom stereocenters. The monoisotopic (exact) mass is 278 g/mol. The molecular weight excluding hydrogens is 259 g/mol. The molecule has 0 bridgehead atoms. The number of benzene rings is 1. The molecule has 1 saturated heterocycles. The number of amides is 1. The van der Waals surface area contributed by atoms with Crippen molar-refractivity contribution < 1.29 is 13.9 Å². The van der Waals surface area contributed by atoms with Crippen molar-refractivity contribution in [2.75, 3.05) is 31.1 Å². The van der Waals surface area contributed by atoms with Gasteiger partial charge in [-0.25, -0.2) is 4.39 Å². The Balaban J connectivity index is 1.85. The standard InChI is InChI=1S/C15H19FN2O2/c1-2-17-7-3-4-12(17)9-18-13-8-11(16)5-6-14(13)20-10-15(18)19/h5-6,8,12H,2-4,7,9-10H2,1H3. The number of carbonyl (C=O) groups excluding carboxylic acids is 1. The van der Waals surface area contributed by atoms with Crippen molar-refractivity contribution >= 4 is 11.6 Å². The quantitative estimate of drug-likeness (QED) is 0.848. The van der Waals surface area contributed by atoms with Gasteiger partial charge in [0.15, 0.2) is 6.61 Å². The zero-order chi connectivity index (χ0) is 14.1. The smallest absolute Gasteiger partial charge is 0.265 e. The summed E-state index contributed by atoms with van der Waals surface area (Å²) >= 11 is 0. The van der Waals surface area contributed by atoms with Crippen LogP contribution in [0.25, 0.3) is 0 Å². The molecule has 0 saturated carbocycles. The van der Waals surface area contributed by atoms with E-state index in [-0.39, 0.29) is 18.3 Å². The highest BCUT2D eigenvalue weighted by atomic mass is 19.1. The maximum Gasteiger partial charge on any atom is 0.265 e. The van der Waals surface area contributed by atoms with Gasteiger partial charge in [0.2, 0.25) is 0 Å². The van der Waals surface area contributed by atoms with E-state index in [1.165, 1.54) is 12.1 Å². The van der Waals surface area contributed by atoms with Gasteiger partial charge in [-0.2, -0.15) is 0 Å². The number of halogens is 1. The number of nitrogens with zero attached hydrogens (tertiary/aromatic N) is 2. The molecule has 108 valence electrons. The molecule has 2 heterocycles. The molecule has 1 fully saturated rings. The average Bonchev–Trinajstić information content (AvgIpc) is 2.89. The second-order valence-corrected chi connectivity index (χ2v) is 5.33. The Morgan fingerprint density at radius 3 is 3.10 bits per heavy atom. The minimum atomic E-state index is -0.342. The summed E-state index contributed by atoms with van der Waals surface area (Å²) < 4.78 is 18.8. The molecule has 1 aromatic rings. The van der Waals surface area contributed by atoms with Crippen molar-refractivity contribution in [3.8, 4) is 5.75 Å². The van der Waals surface area contributed by atoms with Crippen LogP contribution in [0.3, 0.4) is 0 Å². The molecule has 20 heavy (non-hydrogen) atoms. The lowest BCUT2D eigenvalue weighted by molar-refractivity contribution is -0.121. The number of hydrogen-bond acceptors (Lipinski definition) is 3. The Morgan fingerprint density at radius 2 is 2.30 bits per heavy atom. The van der Waals surface area contributed by atoms with Crippen molar-refractivity contribution in [1.82, 2.24) is 4.90 Å². The lowest BCUT2D eigenvalue weighted by Gasteiger charge is -2.33. The molecule has 1 aromatic carbocycles. The number of ether oxygens (including phenoxy) is 1. The van der Waals surface area contributed by atoms with Crippen LogP contribution >= 0.6 is 0 Å². The number of anilines is 1. The third kappa shape index (κ3) is 2.38. The molecule has 1 amide bonds. The first kappa shape index (κ1) is 13.4. The molecule has 0 radical (unpaired) electrons. The van der Waals surface area contributed by atoms with Crippen LogP contribution in [0, 0.1) is 5.82 Å². The Labute approximate surface area is 118 Å². The van der Waals surface area contributed by atoms with Gasteiger partial charge in [0, 0.05) is 18.7 Å². The topological polar surface area (TPSA) is 32.8 Å². The molecule has 0 aliphatic carbocycles. The Morgan fingerprint density at radius 1 is 1.45 bits per heavy atom. The Kier molecular flexibility index (Phi) is 3.61. The summed E-state index contributed by atoms with van der Waals surface area (Å²) in [4.78, 5) is 16.2. The van der Waals surface area contributed by atoms with E-state index in [0.717, 1.165) is 25.9 Å². The first-order chi connectivity index (χ1) is 9.69. The number of rotatable bonds is 3. The number of carbonyl (C=O) groups is 1. The van der Waals surface area contributed by atoms with E-state index in [4.69, 9.17) is 4.74 Å². The minimum Gasteiger partial charge on any atom is -0.482 e. The molecule has 2 aliphatic rings. The van der Waals surface area contributed by atoms with Crippen molar-refractivity contribution in [3.05, 3.63) is 24.0 Å². The molecule has 0 N–H and O–H groups in total. The summed E-state index contributed by atoms with van der Waals surface area (Å²) in [6, 6.07) is 4.70. The van der Waals surface area contributed by atoms with Crippen molar-refractivity contribution in [3.63, 3.8) is 0 Å². The van der Waals surface area contributed by atoms with E-state index >= 15 is 0 Å². The number of likely N-dealkylation sites (N-methyl/N-ethyl adjacent to an activating group) is 1. The number of hydrogen-bond donors (Lipinski definition) is 0. The van der Waals surface area contributed by atoms with E-state index in [9.17, 15) is 9.18 Å². The largest absolute Gasteiger partial charge is 0.482 e. The number of fused-ring (bicyclic) bond motifs is 1. The van der Waals surface area contributed by atoms with Gasteiger partial charge in [0.1, 0.15) is 11.6 Å². The SMILES string of the molecule is CCN1CCCC1CN1C(=O)COc2ccc(F)cc21. The van der Waals surface area contributed by atoms with E-state index in [0.29, 0.717) is 24.0 Å². The van der Waals surface area contributed by atoms with Crippen LogP contribution < -0.4 is 9.64 Å². The number of likely N-dealkylation sites (tertiary alicyclic amines) is 1. The zero-order valence-corrected chi connectivity index (χ0v) is 11.6. The van der Waals surface area contributed by atoms with Crippen LogP contribution in [0.2, 0.25) is 0 Å². The van der Waals surface area contributed by atoms with E-state index in [2.05, 4.69) is 11.8 Å². The molecule has 5 heteroatoms. The lowest BCUT2D eigenvalue weighted by Crippen LogP contribution is -2.46.